The predicted octanol–water partition coefficient (Wildman–Crippen LogP) is 4.08. The van der Waals surface area contributed by atoms with Crippen molar-refractivity contribution in [2.45, 2.75) is 34.6 Å². The summed E-state index contributed by atoms with van der Waals surface area (Å²) in [7, 11) is 0. The number of hydrogen-bond acceptors (Lipinski definition) is 4. The zero-order valence-electron chi connectivity index (χ0n) is 18.7. The van der Waals surface area contributed by atoms with Gasteiger partial charge < -0.3 is 0 Å². The molecule has 0 saturated carbocycles. The topological polar surface area (TPSA) is 84.3 Å². The molecule has 4 rings (SSSR count). The number of carbonyl (C=O) groups is 3. The molecule has 0 spiro atoms. The Morgan fingerprint density at radius 2 is 1.50 bits per heavy atom. The van der Waals surface area contributed by atoms with Crippen LogP contribution < -0.4 is 10.2 Å². The normalized spacial score (nSPS) is 15.5. The molecule has 2 heterocycles. The first-order chi connectivity index (χ1) is 15.2. The Labute approximate surface area is 186 Å². The van der Waals surface area contributed by atoms with Crippen molar-refractivity contribution in [3.63, 3.8) is 0 Å². The second-order valence-electron chi connectivity index (χ2n) is 8.06. The number of carbonyl (C=O) groups excluding carboxylic acids is 3. The maximum absolute atomic E-state index is 13.2. The second kappa shape index (κ2) is 7.92. The lowest BCUT2D eigenvalue weighted by Crippen LogP contribution is -2.54. The van der Waals surface area contributed by atoms with E-state index in [1.165, 1.54) is 11.6 Å². The van der Waals surface area contributed by atoms with Gasteiger partial charge in [-0.3, -0.25) is 14.9 Å². The summed E-state index contributed by atoms with van der Waals surface area (Å²) in [5.74, 6) is -1.39. The van der Waals surface area contributed by atoms with Crippen LogP contribution in [0.25, 0.3) is 11.8 Å². The lowest BCUT2D eigenvalue weighted by molar-refractivity contribution is -0.122. The minimum atomic E-state index is -0.764. The van der Waals surface area contributed by atoms with E-state index in [4.69, 9.17) is 0 Å². The van der Waals surface area contributed by atoms with Gasteiger partial charge in [-0.05, 0) is 76.1 Å². The largest absolute Gasteiger partial charge is 0.335 e. The van der Waals surface area contributed by atoms with E-state index in [-0.39, 0.29) is 5.57 Å². The quantitative estimate of drug-likeness (QED) is 0.503. The zero-order chi connectivity index (χ0) is 23.2. The number of amides is 4. The van der Waals surface area contributed by atoms with Crippen molar-refractivity contribution in [3.05, 3.63) is 81.7 Å². The number of aromatic nitrogens is 2. The minimum absolute atomic E-state index is 0.115. The molecule has 3 aromatic rings. The number of barbiturate groups is 1. The number of urea groups is 1. The van der Waals surface area contributed by atoms with Crippen molar-refractivity contribution < 1.29 is 14.4 Å². The van der Waals surface area contributed by atoms with Crippen molar-refractivity contribution >= 4 is 29.6 Å². The SMILES string of the molecule is Cc1ccc(N2C(=O)NC(=O)/C(=C\c3c(C)nn(-c4ccc(C)c(C)c4)c3C)C2=O)cc1. The van der Waals surface area contributed by atoms with Gasteiger partial charge in [-0.25, -0.2) is 14.4 Å². The molecule has 0 atom stereocenters. The van der Waals surface area contributed by atoms with Crippen LogP contribution in [0.2, 0.25) is 0 Å². The summed E-state index contributed by atoms with van der Waals surface area (Å²) in [6, 6.07) is 12.2. The average molecular weight is 428 g/mol. The molecule has 1 aliphatic heterocycles. The Bertz CT molecular complexity index is 1300. The van der Waals surface area contributed by atoms with Crippen LogP contribution >= 0.6 is 0 Å². The molecule has 1 fully saturated rings. The molecule has 1 saturated heterocycles. The molecule has 0 bridgehead atoms. The van der Waals surface area contributed by atoms with Crippen LogP contribution in [0.3, 0.4) is 0 Å². The molecule has 7 heteroatoms. The highest BCUT2D eigenvalue weighted by Gasteiger charge is 2.37. The fraction of sp³-hybridized carbons (Fsp3) is 0.200. The maximum Gasteiger partial charge on any atom is 0.335 e. The van der Waals surface area contributed by atoms with E-state index < -0.39 is 17.8 Å². The summed E-state index contributed by atoms with van der Waals surface area (Å²) >= 11 is 0. The number of aryl methyl sites for hydroxylation is 4. The highest BCUT2D eigenvalue weighted by molar-refractivity contribution is 6.39. The molecule has 162 valence electrons. The standard InChI is InChI=1S/C25H24N4O3/c1-14-6-9-19(10-7-14)28-24(31)22(23(30)26-25(28)32)13-21-17(4)27-29(18(21)5)20-11-8-15(2)16(3)12-20/h6-13H,1-5H3,(H,26,30,32)/b22-13+. The third-order valence-electron chi connectivity index (χ3n) is 5.76. The number of benzene rings is 2. The number of anilines is 1. The highest BCUT2D eigenvalue weighted by Crippen LogP contribution is 2.26. The molecule has 1 N–H and O–H groups in total. The molecule has 4 amide bonds. The summed E-state index contributed by atoms with van der Waals surface area (Å²) in [6.07, 6.45) is 1.51. The number of hydrogen-bond donors (Lipinski definition) is 1. The van der Waals surface area contributed by atoms with Crippen LogP contribution in [-0.4, -0.2) is 27.6 Å². The van der Waals surface area contributed by atoms with E-state index in [1.807, 2.05) is 52.8 Å². The van der Waals surface area contributed by atoms with Gasteiger partial charge in [-0.15, -0.1) is 0 Å². The van der Waals surface area contributed by atoms with Crippen LogP contribution in [0.4, 0.5) is 10.5 Å². The van der Waals surface area contributed by atoms with Gasteiger partial charge in [0.05, 0.1) is 17.1 Å². The molecule has 2 aromatic carbocycles. The summed E-state index contributed by atoms with van der Waals surface area (Å²) in [5, 5.41) is 6.88. The summed E-state index contributed by atoms with van der Waals surface area (Å²) in [5.41, 5.74) is 6.63. The molecule has 0 unspecified atom stereocenters. The Morgan fingerprint density at radius 3 is 2.16 bits per heavy atom. The number of nitrogens with one attached hydrogen (secondary N) is 1. The molecular formula is C25H24N4O3. The van der Waals surface area contributed by atoms with Gasteiger partial charge in [0.25, 0.3) is 11.8 Å². The van der Waals surface area contributed by atoms with E-state index in [2.05, 4.69) is 10.4 Å². The molecule has 32 heavy (non-hydrogen) atoms. The Hall–Kier alpha value is -4.00. The first-order valence-electron chi connectivity index (χ1n) is 10.3. The summed E-state index contributed by atoms with van der Waals surface area (Å²) in [6.45, 7) is 9.70. The molecule has 0 aliphatic carbocycles. The third kappa shape index (κ3) is 3.62. The van der Waals surface area contributed by atoms with Gasteiger partial charge in [-0.2, -0.15) is 5.10 Å². The first-order valence-corrected chi connectivity index (χ1v) is 10.3. The number of imide groups is 2. The van der Waals surface area contributed by atoms with E-state index in [9.17, 15) is 14.4 Å². The van der Waals surface area contributed by atoms with Crippen molar-refractivity contribution in [1.29, 1.82) is 0 Å². The number of nitrogens with zero attached hydrogens (tertiary/aromatic N) is 3. The van der Waals surface area contributed by atoms with Crippen LogP contribution in [0.15, 0.2) is 48.0 Å². The van der Waals surface area contributed by atoms with Gasteiger partial charge >= 0.3 is 6.03 Å². The fourth-order valence-corrected chi connectivity index (χ4v) is 3.70. The Morgan fingerprint density at radius 1 is 0.844 bits per heavy atom. The highest BCUT2D eigenvalue weighted by atomic mass is 16.2. The number of rotatable bonds is 3. The fourth-order valence-electron chi connectivity index (χ4n) is 3.70. The van der Waals surface area contributed by atoms with Gasteiger partial charge in [-0.1, -0.05) is 23.8 Å². The van der Waals surface area contributed by atoms with Gasteiger partial charge in [0.15, 0.2) is 0 Å². The second-order valence-corrected chi connectivity index (χ2v) is 8.06. The van der Waals surface area contributed by atoms with Crippen LogP contribution in [0.1, 0.15) is 33.6 Å². The van der Waals surface area contributed by atoms with Gasteiger partial charge in [0.1, 0.15) is 5.57 Å². The van der Waals surface area contributed by atoms with Crippen molar-refractivity contribution in [3.8, 4) is 5.69 Å². The molecule has 0 radical (unpaired) electrons. The summed E-state index contributed by atoms with van der Waals surface area (Å²) < 4.78 is 1.79. The summed E-state index contributed by atoms with van der Waals surface area (Å²) in [4.78, 5) is 39.1. The third-order valence-corrected chi connectivity index (χ3v) is 5.76. The Balaban J connectivity index is 1.77. The molecule has 1 aromatic heterocycles. The Kier molecular flexibility index (Phi) is 5.26. The van der Waals surface area contributed by atoms with Gasteiger partial charge in [0.2, 0.25) is 0 Å². The van der Waals surface area contributed by atoms with E-state index >= 15 is 0 Å². The van der Waals surface area contributed by atoms with Crippen LogP contribution in [0, 0.1) is 34.6 Å². The lowest BCUT2D eigenvalue weighted by atomic mass is 10.1. The van der Waals surface area contributed by atoms with Crippen LogP contribution in [-0.2, 0) is 9.59 Å². The zero-order valence-corrected chi connectivity index (χ0v) is 18.7. The average Bonchev–Trinajstić information content (AvgIpc) is 3.02. The monoisotopic (exact) mass is 428 g/mol. The smallest absolute Gasteiger partial charge is 0.273 e. The van der Waals surface area contributed by atoms with Crippen LogP contribution in [0.5, 0.6) is 0 Å². The van der Waals surface area contributed by atoms with E-state index in [0.29, 0.717) is 16.9 Å². The molecular weight excluding hydrogens is 404 g/mol. The lowest BCUT2D eigenvalue weighted by Gasteiger charge is -2.26. The van der Waals surface area contributed by atoms with E-state index in [1.54, 1.807) is 28.9 Å². The van der Waals surface area contributed by atoms with Crippen molar-refractivity contribution in [2.24, 2.45) is 0 Å². The first kappa shape index (κ1) is 21.2. The van der Waals surface area contributed by atoms with Crippen molar-refractivity contribution in [1.82, 2.24) is 15.1 Å². The maximum atomic E-state index is 13.2. The van der Waals surface area contributed by atoms with Crippen molar-refractivity contribution in [2.75, 3.05) is 4.90 Å². The van der Waals surface area contributed by atoms with Gasteiger partial charge in [0, 0.05) is 11.3 Å². The molecule has 1 aliphatic rings. The minimum Gasteiger partial charge on any atom is -0.273 e. The molecule has 7 nitrogen and oxygen atoms in total. The predicted molar refractivity (Wildman–Crippen MR) is 123 cm³/mol. The van der Waals surface area contributed by atoms with E-state index in [0.717, 1.165) is 27.4 Å².